The fraction of sp³-hybridized carbons (Fsp3) is 0.483. The van der Waals surface area contributed by atoms with Crippen LogP contribution in [0.4, 0.5) is 11.4 Å². The van der Waals surface area contributed by atoms with Gasteiger partial charge in [0.15, 0.2) is 0 Å². The molecule has 0 aromatic heterocycles. The molecule has 0 atom stereocenters. The highest BCUT2D eigenvalue weighted by Gasteiger charge is 2.27. The molecular formula is C29H40N2. The lowest BCUT2D eigenvalue weighted by atomic mass is 9.78. The first kappa shape index (κ1) is 23.3. The van der Waals surface area contributed by atoms with Crippen molar-refractivity contribution < 1.29 is 0 Å². The Hall–Kier alpha value is -2.35. The molecule has 0 saturated heterocycles. The molecule has 0 heterocycles. The molecule has 0 amide bonds. The highest BCUT2D eigenvalue weighted by molar-refractivity contribution is 5.99. The number of nitrogens with one attached hydrogen (secondary N) is 1. The van der Waals surface area contributed by atoms with Crippen molar-refractivity contribution in [1.82, 2.24) is 0 Å². The molecular weight excluding hydrogens is 376 g/mol. The van der Waals surface area contributed by atoms with Gasteiger partial charge in [-0.05, 0) is 80.2 Å². The molecule has 0 radical (unpaired) electrons. The molecule has 1 aliphatic carbocycles. The van der Waals surface area contributed by atoms with Crippen LogP contribution in [0.5, 0.6) is 0 Å². The van der Waals surface area contributed by atoms with Crippen molar-refractivity contribution in [2.45, 2.75) is 87.0 Å². The minimum atomic E-state index is 0.188. The van der Waals surface area contributed by atoms with Gasteiger partial charge in [-0.3, -0.25) is 4.99 Å². The lowest BCUT2D eigenvalue weighted by molar-refractivity contribution is 0.374. The van der Waals surface area contributed by atoms with E-state index in [9.17, 15) is 0 Å². The van der Waals surface area contributed by atoms with Crippen LogP contribution >= 0.6 is 0 Å². The Morgan fingerprint density at radius 1 is 0.903 bits per heavy atom. The van der Waals surface area contributed by atoms with E-state index in [0.29, 0.717) is 0 Å². The Morgan fingerprint density at radius 3 is 2.03 bits per heavy atom. The van der Waals surface area contributed by atoms with Gasteiger partial charge in [0, 0.05) is 17.1 Å². The molecule has 0 unspecified atom stereocenters. The first-order chi connectivity index (χ1) is 14.7. The summed E-state index contributed by atoms with van der Waals surface area (Å²) in [5.74, 6) is 0. The fourth-order valence-electron chi connectivity index (χ4n) is 4.95. The largest absolute Gasteiger partial charge is 0.358 e. The summed E-state index contributed by atoms with van der Waals surface area (Å²) in [5.41, 5.74) is 11.8. The van der Waals surface area contributed by atoms with Gasteiger partial charge >= 0.3 is 0 Å². The minimum Gasteiger partial charge on any atom is -0.358 e. The Morgan fingerprint density at radius 2 is 1.48 bits per heavy atom. The molecule has 31 heavy (non-hydrogen) atoms. The van der Waals surface area contributed by atoms with E-state index in [1.54, 1.807) is 0 Å². The lowest BCUT2D eigenvalue weighted by Gasteiger charge is -2.32. The monoisotopic (exact) mass is 416 g/mol. The molecule has 0 spiro atoms. The summed E-state index contributed by atoms with van der Waals surface area (Å²) in [6, 6.07) is 11.3. The zero-order valence-corrected chi connectivity index (χ0v) is 20.7. The van der Waals surface area contributed by atoms with Crippen LogP contribution in [0.2, 0.25) is 0 Å². The van der Waals surface area contributed by atoms with Crippen molar-refractivity contribution in [2.75, 3.05) is 5.32 Å². The Balaban J connectivity index is 2.01. The Bertz CT molecular complexity index is 945. The van der Waals surface area contributed by atoms with E-state index in [1.807, 2.05) is 0 Å². The summed E-state index contributed by atoms with van der Waals surface area (Å²) in [7, 11) is 0. The summed E-state index contributed by atoms with van der Waals surface area (Å²) in [6.07, 6.45) is 8.90. The van der Waals surface area contributed by atoms with Gasteiger partial charge in [-0.25, -0.2) is 0 Å². The predicted octanol–water partition coefficient (Wildman–Crippen LogP) is 8.41. The number of para-hydroxylation sites is 1. The van der Waals surface area contributed by atoms with Crippen LogP contribution < -0.4 is 5.32 Å². The van der Waals surface area contributed by atoms with Crippen molar-refractivity contribution in [3.05, 3.63) is 69.9 Å². The first-order valence-electron chi connectivity index (χ1n) is 12.0. The van der Waals surface area contributed by atoms with Crippen LogP contribution in [-0.2, 0) is 12.8 Å². The van der Waals surface area contributed by atoms with Crippen LogP contribution in [0.3, 0.4) is 0 Å². The molecule has 3 rings (SSSR count). The summed E-state index contributed by atoms with van der Waals surface area (Å²) < 4.78 is 0. The topological polar surface area (TPSA) is 24.4 Å². The molecule has 2 nitrogen and oxygen atoms in total. The molecule has 0 fully saturated rings. The third kappa shape index (κ3) is 5.87. The summed E-state index contributed by atoms with van der Waals surface area (Å²) in [6.45, 7) is 15.7. The third-order valence-electron chi connectivity index (χ3n) is 6.12. The third-order valence-corrected chi connectivity index (χ3v) is 6.12. The van der Waals surface area contributed by atoms with Gasteiger partial charge in [0.1, 0.15) is 0 Å². The van der Waals surface area contributed by atoms with Gasteiger partial charge in [-0.2, -0.15) is 0 Å². The van der Waals surface area contributed by atoms with Gasteiger partial charge in [0.25, 0.3) is 0 Å². The van der Waals surface area contributed by atoms with Crippen molar-refractivity contribution in [3.63, 3.8) is 0 Å². The van der Waals surface area contributed by atoms with Crippen LogP contribution in [0.1, 0.15) is 81.2 Å². The van der Waals surface area contributed by atoms with E-state index in [0.717, 1.165) is 44.2 Å². The SMILES string of the molecule is CCCc1cccc(CCC)c1NC1=CC(=Nc2c(C)cc(C)cc2C)CC(C)(C)C1. The number of benzene rings is 2. The van der Waals surface area contributed by atoms with E-state index < -0.39 is 0 Å². The maximum absolute atomic E-state index is 5.16. The van der Waals surface area contributed by atoms with Gasteiger partial charge in [-0.1, -0.05) is 76.4 Å². The van der Waals surface area contributed by atoms with Gasteiger partial charge < -0.3 is 5.32 Å². The molecule has 0 bridgehead atoms. The van der Waals surface area contributed by atoms with Gasteiger partial charge in [0.2, 0.25) is 0 Å². The van der Waals surface area contributed by atoms with Crippen LogP contribution in [0, 0.1) is 26.2 Å². The second kappa shape index (κ2) is 9.85. The molecule has 0 aliphatic heterocycles. The zero-order chi connectivity index (χ0) is 22.6. The van der Waals surface area contributed by atoms with Crippen LogP contribution in [0.15, 0.2) is 47.1 Å². The van der Waals surface area contributed by atoms with Crippen LogP contribution in [-0.4, -0.2) is 5.71 Å². The maximum atomic E-state index is 5.16. The number of aliphatic imine (C=N–C) groups is 1. The lowest BCUT2D eigenvalue weighted by Crippen LogP contribution is -2.25. The first-order valence-corrected chi connectivity index (χ1v) is 12.0. The molecule has 0 saturated carbocycles. The molecule has 166 valence electrons. The van der Waals surface area contributed by atoms with Crippen molar-refractivity contribution in [2.24, 2.45) is 10.4 Å². The van der Waals surface area contributed by atoms with E-state index >= 15 is 0 Å². The molecule has 2 heteroatoms. The summed E-state index contributed by atoms with van der Waals surface area (Å²) in [4.78, 5) is 5.16. The Kier molecular flexibility index (Phi) is 7.41. The van der Waals surface area contributed by atoms with Crippen LogP contribution in [0.25, 0.3) is 0 Å². The number of nitrogens with zero attached hydrogens (tertiary/aromatic N) is 1. The molecule has 1 N–H and O–H groups in total. The van der Waals surface area contributed by atoms with Gasteiger partial charge in [-0.15, -0.1) is 0 Å². The number of rotatable bonds is 7. The molecule has 2 aromatic rings. The second-order valence-corrected chi connectivity index (χ2v) is 10.1. The van der Waals surface area contributed by atoms with Crippen molar-refractivity contribution >= 4 is 17.1 Å². The number of allylic oxidation sites excluding steroid dienone is 2. The molecule has 2 aromatic carbocycles. The van der Waals surface area contributed by atoms with E-state index in [-0.39, 0.29) is 5.41 Å². The van der Waals surface area contributed by atoms with Gasteiger partial charge in [0.05, 0.1) is 5.69 Å². The van der Waals surface area contributed by atoms with Crippen molar-refractivity contribution in [3.8, 4) is 0 Å². The molecule has 1 aliphatic rings. The Labute approximate surface area is 189 Å². The quantitative estimate of drug-likeness (QED) is 0.481. The average Bonchev–Trinajstić information content (AvgIpc) is 2.66. The smallest absolute Gasteiger partial charge is 0.0691 e. The predicted molar refractivity (Wildman–Crippen MR) is 137 cm³/mol. The van der Waals surface area contributed by atoms with Crippen molar-refractivity contribution in [1.29, 1.82) is 0 Å². The summed E-state index contributed by atoms with van der Waals surface area (Å²) >= 11 is 0. The normalized spacial score (nSPS) is 17.0. The number of hydrogen-bond donors (Lipinski definition) is 1. The maximum Gasteiger partial charge on any atom is 0.0691 e. The standard InChI is InChI=1S/C29H40N2/c1-8-11-23-13-10-14-24(12-9-2)28(23)31-26-17-25(18-29(6,7)19-26)30-27-21(4)15-20(3)16-22(27)5/h10,13-17,31H,8-9,11-12,18-19H2,1-7H3. The fourth-order valence-corrected chi connectivity index (χ4v) is 4.95. The minimum absolute atomic E-state index is 0.188. The van der Waals surface area contributed by atoms with E-state index in [4.69, 9.17) is 4.99 Å². The highest BCUT2D eigenvalue weighted by Crippen LogP contribution is 2.37. The number of hydrogen-bond acceptors (Lipinski definition) is 2. The highest BCUT2D eigenvalue weighted by atomic mass is 14.9. The number of anilines is 1. The second-order valence-electron chi connectivity index (χ2n) is 10.1. The van der Waals surface area contributed by atoms with E-state index in [1.165, 1.54) is 44.9 Å². The van der Waals surface area contributed by atoms with E-state index in [2.05, 4.69) is 90.2 Å². The average molecular weight is 417 g/mol. The summed E-state index contributed by atoms with van der Waals surface area (Å²) in [5, 5.41) is 3.88. The number of aryl methyl sites for hydroxylation is 5. The zero-order valence-electron chi connectivity index (χ0n) is 20.7.